The number of rotatable bonds is 6. The molecule has 1 aromatic carbocycles. The van der Waals surface area contributed by atoms with Crippen molar-refractivity contribution in [1.82, 2.24) is 24.9 Å². The van der Waals surface area contributed by atoms with Gasteiger partial charge in [0.2, 0.25) is 5.88 Å². The summed E-state index contributed by atoms with van der Waals surface area (Å²) in [6, 6.07) is 15.5. The van der Waals surface area contributed by atoms with E-state index in [1.54, 1.807) is 6.20 Å². The first kappa shape index (κ1) is 20.7. The lowest BCUT2D eigenvalue weighted by atomic mass is 9.86. The van der Waals surface area contributed by atoms with E-state index in [9.17, 15) is 0 Å². The summed E-state index contributed by atoms with van der Waals surface area (Å²) in [5.41, 5.74) is 1.83. The Morgan fingerprint density at radius 1 is 1.06 bits per heavy atom. The SMILES string of the molecule is Cc1cc(Cc2nnc([C@H]3CC[C@H](Oc4ccccn4)CC3)n2-c2ccc(Cl)cc2)no1. The Bertz CT molecular complexity index is 1160. The molecule has 1 fully saturated rings. The monoisotopic (exact) mass is 449 g/mol. The number of ether oxygens (including phenoxy) is 1. The summed E-state index contributed by atoms with van der Waals surface area (Å²) in [7, 11) is 0. The van der Waals surface area contributed by atoms with E-state index >= 15 is 0 Å². The van der Waals surface area contributed by atoms with Crippen LogP contribution in [0, 0.1) is 6.92 Å². The Labute approximate surface area is 191 Å². The molecule has 0 unspecified atom stereocenters. The van der Waals surface area contributed by atoms with Crippen molar-refractivity contribution in [3.8, 4) is 11.6 Å². The van der Waals surface area contributed by atoms with Crippen LogP contribution in [0.25, 0.3) is 5.69 Å². The molecule has 3 aromatic heterocycles. The summed E-state index contributed by atoms with van der Waals surface area (Å²) in [4.78, 5) is 4.28. The van der Waals surface area contributed by atoms with Crippen LogP contribution in [0.4, 0.5) is 0 Å². The fourth-order valence-electron chi connectivity index (χ4n) is 4.27. The van der Waals surface area contributed by atoms with Gasteiger partial charge in [0.05, 0.1) is 12.1 Å². The van der Waals surface area contributed by atoms with Crippen molar-refractivity contribution < 1.29 is 9.26 Å². The van der Waals surface area contributed by atoms with Gasteiger partial charge >= 0.3 is 0 Å². The quantitative estimate of drug-likeness (QED) is 0.397. The highest BCUT2D eigenvalue weighted by Gasteiger charge is 2.29. The second-order valence-corrected chi connectivity index (χ2v) is 8.59. The van der Waals surface area contributed by atoms with E-state index in [2.05, 4.69) is 24.9 Å². The molecule has 4 aromatic rings. The first-order valence-electron chi connectivity index (χ1n) is 10.9. The van der Waals surface area contributed by atoms with Crippen molar-refractivity contribution in [3.63, 3.8) is 0 Å². The maximum absolute atomic E-state index is 6.13. The van der Waals surface area contributed by atoms with Gasteiger partial charge in [-0.25, -0.2) is 4.98 Å². The summed E-state index contributed by atoms with van der Waals surface area (Å²) in [5.74, 6) is 3.57. The van der Waals surface area contributed by atoms with Gasteiger partial charge in [-0.15, -0.1) is 10.2 Å². The molecule has 0 spiro atoms. The zero-order valence-electron chi connectivity index (χ0n) is 17.8. The smallest absolute Gasteiger partial charge is 0.213 e. The van der Waals surface area contributed by atoms with E-state index in [-0.39, 0.29) is 6.10 Å². The number of pyridine rings is 1. The molecule has 1 saturated carbocycles. The highest BCUT2D eigenvalue weighted by molar-refractivity contribution is 6.30. The van der Waals surface area contributed by atoms with Crippen LogP contribution in [0.2, 0.25) is 5.02 Å². The third kappa shape index (κ3) is 4.53. The third-order valence-electron chi connectivity index (χ3n) is 5.82. The summed E-state index contributed by atoms with van der Waals surface area (Å²) >= 11 is 6.13. The Morgan fingerprint density at radius 2 is 1.88 bits per heavy atom. The number of aromatic nitrogens is 5. The lowest BCUT2D eigenvalue weighted by Gasteiger charge is -2.28. The minimum atomic E-state index is 0.172. The fraction of sp³-hybridized carbons (Fsp3) is 0.333. The van der Waals surface area contributed by atoms with Gasteiger partial charge in [-0.3, -0.25) is 4.57 Å². The zero-order chi connectivity index (χ0) is 21.9. The molecule has 1 aliphatic carbocycles. The highest BCUT2D eigenvalue weighted by atomic mass is 35.5. The van der Waals surface area contributed by atoms with Crippen molar-refractivity contribution in [2.24, 2.45) is 0 Å². The van der Waals surface area contributed by atoms with Crippen molar-refractivity contribution in [2.45, 2.75) is 51.0 Å². The normalized spacial score (nSPS) is 18.6. The van der Waals surface area contributed by atoms with Gasteiger partial charge in [-0.05, 0) is 62.9 Å². The van der Waals surface area contributed by atoms with Gasteiger partial charge in [0.15, 0.2) is 0 Å². The van der Waals surface area contributed by atoms with E-state index in [0.717, 1.165) is 54.5 Å². The predicted molar refractivity (Wildman–Crippen MR) is 120 cm³/mol. The number of hydrogen-bond acceptors (Lipinski definition) is 6. The van der Waals surface area contributed by atoms with E-state index in [1.165, 1.54) is 0 Å². The Hall–Kier alpha value is -3.19. The molecule has 1 aliphatic rings. The molecule has 0 radical (unpaired) electrons. The Kier molecular flexibility index (Phi) is 5.90. The molecular formula is C24H24ClN5O2. The Balaban J connectivity index is 1.38. The average molecular weight is 450 g/mol. The third-order valence-corrected chi connectivity index (χ3v) is 6.07. The Morgan fingerprint density at radius 3 is 2.56 bits per heavy atom. The molecule has 5 rings (SSSR count). The second-order valence-electron chi connectivity index (χ2n) is 8.15. The number of hydrogen-bond donors (Lipinski definition) is 0. The summed E-state index contributed by atoms with van der Waals surface area (Å²) in [6.45, 7) is 1.89. The molecule has 0 amide bonds. The van der Waals surface area contributed by atoms with Gasteiger partial charge < -0.3 is 9.26 Å². The van der Waals surface area contributed by atoms with Crippen LogP contribution >= 0.6 is 11.6 Å². The van der Waals surface area contributed by atoms with Crippen molar-refractivity contribution in [2.75, 3.05) is 0 Å². The molecule has 32 heavy (non-hydrogen) atoms. The average Bonchev–Trinajstić information content (AvgIpc) is 3.42. The summed E-state index contributed by atoms with van der Waals surface area (Å²) < 4.78 is 13.4. The second kappa shape index (κ2) is 9.12. The molecule has 0 atom stereocenters. The van der Waals surface area contributed by atoms with Crippen LogP contribution in [0.3, 0.4) is 0 Å². The van der Waals surface area contributed by atoms with Crippen LogP contribution in [0.15, 0.2) is 59.3 Å². The first-order valence-corrected chi connectivity index (χ1v) is 11.2. The first-order chi connectivity index (χ1) is 15.7. The minimum absolute atomic E-state index is 0.172. The molecule has 3 heterocycles. The van der Waals surface area contributed by atoms with E-state index in [0.29, 0.717) is 23.2 Å². The molecule has 0 N–H and O–H groups in total. The maximum Gasteiger partial charge on any atom is 0.213 e. The molecular weight excluding hydrogens is 426 g/mol. The number of halogens is 1. The van der Waals surface area contributed by atoms with Gasteiger partial charge in [-0.1, -0.05) is 22.8 Å². The lowest BCUT2D eigenvalue weighted by Crippen LogP contribution is -2.25. The molecule has 0 aliphatic heterocycles. The molecule has 0 bridgehead atoms. The van der Waals surface area contributed by atoms with E-state index < -0.39 is 0 Å². The molecule has 0 saturated heterocycles. The number of nitrogens with zero attached hydrogens (tertiary/aromatic N) is 5. The van der Waals surface area contributed by atoms with Crippen molar-refractivity contribution >= 4 is 11.6 Å². The largest absolute Gasteiger partial charge is 0.474 e. The predicted octanol–water partition coefficient (Wildman–Crippen LogP) is 5.31. The number of benzene rings is 1. The van der Waals surface area contributed by atoms with Crippen molar-refractivity contribution in [3.05, 3.63) is 82.9 Å². The van der Waals surface area contributed by atoms with Crippen LogP contribution in [0.1, 0.15) is 54.7 Å². The van der Waals surface area contributed by atoms with Gasteiger partial charge in [0.25, 0.3) is 0 Å². The lowest BCUT2D eigenvalue weighted by molar-refractivity contribution is 0.139. The van der Waals surface area contributed by atoms with E-state index in [1.807, 2.05) is 55.5 Å². The summed E-state index contributed by atoms with van der Waals surface area (Å²) in [6.07, 6.45) is 6.33. The molecule has 8 heteroatoms. The van der Waals surface area contributed by atoms with Crippen LogP contribution in [0.5, 0.6) is 5.88 Å². The molecule has 164 valence electrons. The van der Waals surface area contributed by atoms with Gasteiger partial charge in [-0.2, -0.15) is 0 Å². The van der Waals surface area contributed by atoms with Crippen LogP contribution < -0.4 is 4.74 Å². The highest BCUT2D eigenvalue weighted by Crippen LogP contribution is 2.35. The summed E-state index contributed by atoms with van der Waals surface area (Å²) in [5, 5.41) is 14.0. The maximum atomic E-state index is 6.13. The topological polar surface area (TPSA) is 78.9 Å². The van der Waals surface area contributed by atoms with Gasteiger partial charge in [0.1, 0.15) is 23.5 Å². The fourth-order valence-corrected chi connectivity index (χ4v) is 4.40. The molecule has 7 nitrogen and oxygen atoms in total. The van der Waals surface area contributed by atoms with Gasteiger partial charge in [0, 0.05) is 35.0 Å². The van der Waals surface area contributed by atoms with E-state index in [4.69, 9.17) is 20.9 Å². The minimum Gasteiger partial charge on any atom is -0.474 e. The van der Waals surface area contributed by atoms with Crippen molar-refractivity contribution in [1.29, 1.82) is 0 Å². The van der Waals surface area contributed by atoms with Crippen LogP contribution in [-0.2, 0) is 6.42 Å². The standard InChI is InChI=1S/C24H24ClN5O2/c1-16-14-19(29-32-16)15-22-27-28-24(30(22)20-9-7-18(25)8-10-20)17-5-11-21(12-6-17)31-23-4-2-3-13-26-23/h2-4,7-10,13-14,17,21H,5-6,11-12,15H2,1H3/t17-,21-. The van der Waals surface area contributed by atoms with Crippen LogP contribution in [-0.4, -0.2) is 31.0 Å². The zero-order valence-corrected chi connectivity index (χ0v) is 18.6. The number of aryl methyl sites for hydroxylation is 1.